The number of imidazole rings is 1. The highest BCUT2D eigenvalue weighted by Crippen LogP contribution is 2.16. The van der Waals surface area contributed by atoms with Gasteiger partial charge in [0.25, 0.3) is 0 Å². The summed E-state index contributed by atoms with van der Waals surface area (Å²) in [4.78, 5) is 15.5. The van der Waals surface area contributed by atoms with Crippen molar-refractivity contribution in [3.05, 3.63) is 47.9 Å². The van der Waals surface area contributed by atoms with E-state index in [1.807, 2.05) is 24.3 Å². The van der Waals surface area contributed by atoms with Crippen molar-refractivity contribution in [2.75, 3.05) is 25.6 Å². The van der Waals surface area contributed by atoms with Gasteiger partial charge in [-0.25, -0.2) is 9.78 Å². The number of nitrogens with zero attached hydrogens (tertiary/aromatic N) is 4. The summed E-state index contributed by atoms with van der Waals surface area (Å²) < 4.78 is 7.35. The molecule has 8 nitrogen and oxygen atoms in total. The molecule has 8 heteroatoms. The number of ether oxygens (including phenoxy) is 1. The Balaban J connectivity index is 1.69. The van der Waals surface area contributed by atoms with Crippen molar-refractivity contribution >= 4 is 22.8 Å². The van der Waals surface area contributed by atoms with Crippen LogP contribution in [0, 0.1) is 0 Å². The SMILES string of the molecule is COCCn1c(CCNc2ccc(C(=O)O)nn2)nc2ccccc21. The number of para-hydroxylation sites is 2. The predicted molar refractivity (Wildman–Crippen MR) is 92.8 cm³/mol. The number of nitrogens with one attached hydrogen (secondary N) is 1. The average Bonchev–Trinajstić information content (AvgIpc) is 2.98. The van der Waals surface area contributed by atoms with Crippen LogP contribution in [0.1, 0.15) is 16.3 Å². The van der Waals surface area contributed by atoms with Gasteiger partial charge >= 0.3 is 5.97 Å². The van der Waals surface area contributed by atoms with Gasteiger partial charge in [-0.05, 0) is 24.3 Å². The van der Waals surface area contributed by atoms with Gasteiger partial charge in [-0.2, -0.15) is 0 Å². The summed E-state index contributed by atoms with van der Waals surface area (Å²) in [6, 6.07) is 11.0. The molecule has 0 aliphatic heterocycles. The zero-order valence-corrected chi connectivity index (χ0v) is 13.8. The van der Waals surface area contributed by atoms with Crippen LogP contribution in [0.4, 0.5) is 5.82 Å². The van der Waals surface area contributed by atoms with Crippen molar-refractivity contribution < 1.29 is 14.6 Å². The van der Waals surface area contributed by atoms with Gasteiger partial charge in [0, 0.05) is 26.6 Å². The minimum atomic E-state index is -1.09. The highest BCUT2D eigenvalue weighted by atomic mass is 16.5. The Morgan fingerprint density at radius 2 is 2.08 bits per heavy atom. The van der Waals surface area contributed by atoms with Gasteiger partial charge in [-0.3, -0.25) is 0 Å². The molecular weight excluding hydrogens is 322 g/mol. The van der Waals surface area contributed by atoms with Crippen molar-refractivity contribution in [2.45, 2.75) is 13.0 Å². The van der Waals surface area contributed by atoms with E-state index in [1.165, 1.54) is 6.07 Å². The average molecular weight is 341 g/mol. The third kappa shape index (κ3) is 3.92. The van der Waals surface area contributed by atoms with E-state index in [0.717, 1.165) is 23.4 Å². The molecule has 0 radical (unpaired) electrons. The van der Waals surface area contributed by atoms with Crippen LogP contribution in [0.2, 0.25) is 0 Å². The summed E-state index contributed by atoms with van der Waals surface area (Å²) in [6.07, 6.45) is 0.695. The number of carboxylic acid groups (broad SMARTS) is 1. The van der Waals surface area contributed by atoms with Gasteiger partial charge in [-0.15, -0.1) is 10.2 Å². The number of hydrogen-bond donors (Lipinski definition) is 2. The highest BCUT2D eigenvalue weighted by molar-refractivity contribution is 5.85. The Labute approximate surface area is 144 Å². The summed E-state index contributed by atoms with van der Waals surface area (Å²) in [6.45, 7) is 1.96. The first-order chi connectivity index (χ1) is 12.2. The number of benzene rings is 1. The van der Waals surface area contributed by atoms with Crippen molar-refractivity contribution in [1.82, 2.24) is 19.7 Å². The lowest BCUT2D eigenvalue weighted by molar-refractivity contribution is 0.0689. The number of aromatic carboxylic acids is 1. The van der Waals surface area contributed by atoms with E-state index in [0.29, 0.717) is 25.4 Å². The van der Waals surface area contributed by atoms with Crippen LogP contribution in [0.15, 0.2) is 36.4 Å². The van der Waals surface area contributed by atoms with E-state index in [1.54, 1.807) is 13.2 Å². The van der Waals surface area contributed by atoms with E-state index < -0.39 is 5.97 Å². The zero-order chi connectivity index (χ0) is 17.6. The van der Waals surface area contributed by atoms with Crippen LogP contribution in [-0.2, 0) is 17.7 Å². The minimum absolute atomic E-state index is 0.0769. The van der Waals surface area contributed by atoms with Crippen molar-refractivity contribution in [2.24, 2.45) is 0 Å². The molecule has 0 fully saturated rings. The quantitative estimate of drug-likeness (QED) is 0.644. The highest BCUT2D eigenvalue weighted by Gasteiger charge is 2.10. The maximum absolute atomic E-state index is 10.8. The number of fused-ring (bicyclic) bond motifs is 1. The Morgan fingerprint density at radius 1 is 1.24 bits per heavy atom. The zero-order valence-electron chi connectivity index (χ0n) is 13.8. The summed E-state index contributed by atoms with van der Waals surface area (Å²) >= 11 is 0. The molecule has 2 heterocycles. The number of rotatable bonds is 8. The number of carboxylic acids is 1. The smallest absolute Gasteiger partial charge is 0.356 e. The molecule has 0 bridgehead atoms. The third-order valence-corrected chi connectivity index (χ3v) is 3.79. The van der Waals surface area contributed by atoms with Gasteiger partial charge in [0.05, 0.1) is 17.6 Å². The molecule has 130 valence electrons. The molecule has 0 aliphatic carbocycles. The Kier molecular flexibility index (Phi) is 5.20. The molecule has 0 unspecified atom stereocenters. The third-order valence-electron chi connectivity index (χ3n) is 3.79. The Morgan fingerprint density at radius 3 is 2.80 bits per heavy atom. The first kappa shape index (κ1) is 16.8. The minimum Gasteiger partial charge on any atom is -0.476 e. The molecule has 2 aromatic heterocycles. The van der Waals surface area contributed by atoms with Crippen LogP contribution in [0.3, 0.4) is 0 Å². The standard InChI is InChI=1S/C17H19N5O3/c1-25-11-10-22-14-5-3-2-4-12(14)19-16(22)8-9-18-15-7-6-13(17(23)24)20-21-15/h2-7H,8-11H2,1H3,(H,18,21)(H,23,24). The van der Waals surface area contributed by atoms with Crippen molar-refractivity contribution in [1.29, 1.82) is 0 Å². The van der Waals surface area contributed by atoms with Gasteiger partial charge in [-0.1, -0.05) is 12.1 Å². The van der Waals surface area contributed by atoms with E-state index >= 15 is 0 Å². The van der Waals surface area contributed by atoms with Crippen LogP contribution in [-0.4, -0.2) is 51.1 Å². The topological polar surface area (TPSA) is 102 Å². The van der Waals surface area contributed by atoms with E-state index in [2.05, 4.69) is 25.1 Å². The van der Waals surface area contributed by atoms with Gasteiger partial charge in [0.2, 0.25) is 0 Å². The van der Waals surface area contributed by atoms with Gasteiger partial charge in [0.15, 0.2) is 5.69 Å². The fourth-order valence-corrected chi connectivity index (χ4v) is 2.59. The normalized spacial score (nSPS) is 10.9. The molecule has 3 rings (SSSR count). The van der Waals surface area contributed by atoms with Gasteiger partial charge < -0.3 is 19.7 Å². The molecule has 2 N–H and O–H groups in total. The lowest BCUT2D eigenvalue weighted by Crippen LogP contribution is -2.14. The van der Waals surface area contributed by atoms with Crippen LogP contribution in [0.25, 0.3) is 11.0 Å². The number of carbonyl (C=O) groups is 1. The first-order valence-electron chi connectivity index (χ1n) is 7.93. The molecule has 1 aromatic carbocycles. The Bertz CT molecular complexity index is 860. The molecule has 0 amide bonds. The Hall–Kier alpha value is -3.00. The maximum Gasteiger partial charge on any atom is 0.356 e. The predicted octanol–water partition coefficient (Wildman–Crippen LogP) is 1.83. The number of aromatic nitrogens is 4. The number of hydrogen-bond acceptors (Lipinski definition) is 6. The van der Waals surface area contributed by atoms with E-state index in [-0.39, 0.29) is 5.69 Å². The summed E-state index contributed by atoms with van der Waals surface area (Å²) in [5.74, 6) is 0.399. The molecular formula is C17H19N5O3. The summed E-state index contributed by atoms with van der Waals surface area (Å²) in [7, 11) is 1.68. The fraction of sp³-hybridized carbons (Fsp3) is 0.294. The largest absolute Gasteiger partial charge is 0.476 e. The van der Waals surface area contributed by atoms with E-state index in [4.69, 9.17) is 9.84 Å². The lowest BCUT2D eigenvalue weighted by atomic mass is 10.3. The molecule has 0 spiro atoms. The molecule has 0 saturated heterocycles. The lowest BCUT2D eigenvalue weighted by Gasteiger charge is -2.09. The molecule has 0 aliphatic rings. The second-order valence-corrected chi connectivity index (χ2v) is 5.45. The molecule has 25 heavy (non-hydrogen) atoms. The fourth-order valence-electron chi connectivity index (χ4n) is 2.59. The van der Waals surface area contributed by atoms with E-state index in [9.17, 15) is 4.79 Å². The first-order valence-corrected chi connectivity index (χ1v) is 7.93. The van der Waals surface area contributed by atoms with Gasteiger partial charge in [0.1, 0.15) is 11.6 Å². The number of methoxy groups -OCH3 is 1. The van der Waals surface area contributed by atoms with Crippen molar-refractivity contribution in [3.8, 4) is 0 Å². The maximum atomic E-state index is 10.8. The monoisotopic (exact) mass is 341 g/mol. The number of anilines is 1. The summed E-state index contributed by atoms with van der Waals surface area (Å²) in [5.41, 5.74) is 1.96. The van der Waals surface area contributed by atoms with Crippen molar-refractivity contribution in [3.63, 3.8) is 0 Å². The molecule has 0 atom stereocenters. The van der Waals surface area contributed by atoms with Crippen LogP contribution >= 0.6 is 0 Å². The molecule has 3 aromatic rings. The molecule has 0 saturated carbocycles. The summed E-state index contributed by atoms with van der Waals surface area (Å²) in [5, 5.41) is 19.5. The second-order valence-electron chi connectivity index (χ2n) is 5.45. The van der Waals surface area contributed by atoms with Crippen LogP contribution < -0.4 is 5.32 Å². The second kappa shape index (κ2) is 7.71. The van der Waals surface area contributed by atoms with Crippen LogP contribution in [0.5, 0.6) is 0 Å².